The minimum absolute atomic E-state index is 0.511. The molecule has 0 radical (unpaired) electrons. The average molecular weight is 348 g/mol. The first-order chi connectivity index (χ1) is 12.2. The third-order valence-electron chi connectivity index (χ3n) is 3.89. The van der Waals surface area contributed by atoms with Gasteiger partial charge in [-0.2, -0.15) is 0 Å². The fourth-order valence-corrected chi connectivity index (χ4v) is 3.01. The average Bonchev–Trinajstić information content (AvgIpc) is 2.70. The Balaban J connectivity index is 0. The summed E-state index contributed by atoms with van der Waals surface area (Å²) in [5.74, 6) is 0. The molecule has 0 aromatic heterocycles. The smallest absolute Gasteiger partial charge is 0.0369 e. The lowest BCUT2D eigenvalue weighted by Gasteiger charge is -2.34. The zero-order valence-electron chi connectivity index (χ0n) is 16.9. The van der Waals surface area contributed by atoms with E-state index >= 15 is 0 Å². The van der Waals surface area contributed by atoms with E-state index in [1.807, 2.05) is 26.8 Å². The van der Waals surface area contributed by atoms with Crippen LogP contribution in [0, 0.1) is 0 Å². The van der Waals surface area contributed by atoms with Gasteiger partial charge in [-0.3, -0.25) is 0 Å². The predicted octanol–water partition coefficient (Wildman–Crippen LogP) is 4.67. The van der Waals surface area contributed by atoms with Crippen LogP contribution in [-0.4, -0.2) is 31.0 Å². The highest BCUT2D eigenvalue weighted by Gasteiger charge is 2.27. The van der Waals surface area contributed by atoms with Gasteiger partial charge in [-0.1, -0.05) is 50.8 Å². The van der Waals surface area contributed by atoms with Crippen LogP contribution in [0.2, 0.25) is 0 Å². The number of hydrogen-bond acceptors (Lipinski definition) is 3. The number of allylic oxidation sites excluding steroid dienone is 3. The van der Waals surface area contributed by atoms with Gasteiger partial charge in [-0.25, -0.2) is 0 Å². The van der Waals surface area contributed by atoms with Gasteiger partial charge in [0.15, 0.2) is 0 Å². The van der Waals surface area contributed by atoms with E-state index < -0.39 is 0 Å². The molecule has 0 amide bonds. The van der Waals surface area contributed by atoms with Gasteiger partial charge in [0.2, 0.25) is 0 Å². The van der Waals surface area contributed by atoms with Gasteiger partial charge in [0.05, 0.1) is 0 Å². The largest absolute Gasteiger partial charge is 0.400 e. The molecule has 1 heterocycles. The van der Waals surface area contributed by atoms with Crippen molar-refractivity contribution in [2.24, 2.45) is 0 Å². The van der Waals surface area contributed by atoms with E-state index in [-0.39, 0.29) is 0 Å². The van der Waals surface area contributed by atoms with Gasteiger partial charge in [-0.05, 0) is 61.1 Å². The van der Waals surface area contributed by atoms with Crippen molar-refractivity contribution in [3.05, 3.63) is 65.8 Å². The van der Waals surface area contributed by atoms with Crippen LogP contribution >= 0.6 is 0 Å². The lowest BCUT2D eigenvalue weighted by molar-refractivity contribution is 0.399. The highest BCUT2D eigenvalue weighted by molar-refractivity contribution is 5.75. The van der Waals surface area contributed by atoms with E-state index in [2.05, 4.69) is 43.6 Å². The first-order valence-corrected chi connectivity index (χ1v) is 8.87. The molecule has 142 valence electrons. The Bertz CT molecular complexity index is 533. The number of aliphatic hydroxyl groups excluding tert-OH is 2. The highest BCUT2D eigenvalue weighted by atomic mass is 16.2. The van der Waals surface area contributed by atoms with Crippen LogP contribution in [0.1, 0.15) is 56.8 Å². The number of aliphatic hydroxyl groups is 2. The quantitative estimate of drug-likeness (QED) is 0.647. The van der Waals surface area contributed by atoms with Gasteiger partial charge >= 0.3 is 0 Å². The second-order valence-electron chi connectivity index (χ2n) is 5.10. The van der Waals surface area contributed by atoms with E-state index in [1.165, 1.54) is 27.8 Å². The Labute approximate surface area is 154 Å². The minimum atomic E-state index is 0.511. The molecule has 2 aliphatic rings. The van der Waals surface area contributed by atoms with Gasteiger partial charge in [0, 0.05) is 20.3 Å². The van der Waals surface area contributed by atoms with Gasteiger partial charge < -0.3 is 15.5 Å². The molecule has 0 fully saturated rings. The molecule has 3 rings (SSSR count). The van der Waals surface area contributed by atoms with Gasteiger partial charge in [0.1, 0.15) is 0 Å². The number of nitrogens with one attached hydrogen (secondary N) is 1. The lowest BCUT2D eigenvalue weighted by Crippen LogP contribution is -2.32. The Hall–Kier alpha value is -1.68. The van der Waals surface area contributed by atoms with Gasteiger partial charge in [0.25, 0.3) is 0 Å². The lowest BCUT2D eigenvalue weighted by atomic mass is 9.78. The zero-order valence-corrected chi connectivity index (χ0v) is 16.9. The summed E-state index contributed by atoms with van der Waals surface area (Å²) in [7, 11) is 2.00. The van der Waals surface area contributed by atoms with E-state index in [9.17, 15) is 0 Å². The first-order valence-electron chi connectivity index (χ1n) is 8.87. The van der Waals surface area contributed by atoms with Crippen molar-refractivity contribution in [1.82, 2.24) is 5.32 Å². The molecule has 0 spiro atoms. The predicted molar refractivity (Wildman–Crippen MR) is 112 cm³/mol. The van der Waals surface area contributed by atoms with Crippen molar-refractivity contribution in [2.45, 2.75) is 46.6 Å². The topological polar surface area (TPSA) is 52.5 Å². The summed E-state index contributed by atoms with van der Waals surface area (Å²) in [6.45, 7) is 16.5. The molecule has 0 saturated carbocycles. The molecule has 1 unspecified atom stereocenters. The number of hydrogen-bond donors (Lipinski definition) is 3. The maximum Gasteiger partial charge on any atom is 0.0369 e. The maximum atomic E-state index is 7.00. The summed E-state index contributed by atoms with van der Waals surface area (Å²) < 4.78 is 0. The maximum absolute atomic E-state index is 7.00. The molecule has 1 aromatic carbocycles. The van der Waals surface area contributed by atoms with Gasteiger partial charge in [-0.15, -0.1) is 6.58 Å². The summed E-state index contributed by atoms with van der Waals surface area (Å²) >= 11 is 0. The van der Waals surface area contributed by atoms with Crippen LogP contribution in [-0.2, 0) is 6.42 Å². The molecule has 3 N–H and O–H groups in total. The van der Waals surface area contributed by atoms with Crippen LogP contribution < -0.4 is 5.32 Å². The fourth-order valence-electron chi connectivity index (χ4n) is 3.01. The van der Waals surface area contributed by atoms with E-state index in [4.69, 9.17) is 10.2 Å². The van der Waals surface area contributed by atoms with E-state index in [0.717, 1.165) is 33.6 Å². The molecule has 1 atom stereocenters. The zero-order chi connectivity index (χ0) is 19.8. The Morgan fingerprint density at radius 2 is 1.68 bits per heavy atom. The molecular formula is C22H37NO2. The van der Waals surface area contributed by atoms with Crippen LogP contribution in [0.5, 0.6) is 0 Å². The van der Waals surface area contributed by atoms with Crippen molar-refractivity contribution >= 4 is 5.57 Å². The second kappa shape index (κ2) is 15.8. The van der Waals surface area contributed by atoms with Crippen molar-refractivity contribution in [1.29, 1.82) is 0 Å². The standard InChI is InChI=1S/C15H17N.C3H6.C2H6.2CH4O/c1-3-11-9-14-15-12(7-8-16-14)5-4-6-13(15)10(11)2;1-3-2;3*1-2/h3-6,14,16H,1,7-9H2,2H3;3H,1H2,2H3;1-2H3;2*2H,1H3. The molecule has 1 aliphatic carbocycles. The summed E-state index contributed by atoms with van der Waals surface area (Å²) in [5, 5.41) is 17.6. The summed E-state index contributed by atoms with van der Waals surface area (Å²) in [4.78, 5) is 0. The minimum Gasteiger partial charge on any atom is -0.400 e. The number of benzene rings is 1. The van der Waals surface area contributed by atoms with E-state index in [1.54, 1.807) is 6.08 Å². The van der Waals surface area contributed by atoms with E-state index in [0.29, 0.717) is 6.04 Å². The molecule has 25 heavy (non-hydrogen) atoms. The third-order valence-corrected chi connectivity index (χ3v) is 3.89. The van der Waals surface area contributed by atoms with Crippen LogP contribution in [0.25, 0.3) is 5.57 Å². The Morgan fingerprint density at radius 1 is 1.12 bits per heavy atom. The van der Waals surface area contributed by atoms with Crippen LogP contribution in [0.3, 0.4) is 0 Å². The molecule has 1 aliphatic heterocycles. The molecule has 1 aromatic rings. The van der Waals surface area contributed by atoms with Crippen molar-refractivity contribution < 1.29 is 10.2 Å². The Kier molecular flexibility index (Phi) is 16.2. The third kappa shape index (κ3) is 6.99. The highest BCUT2D eigenvalue weighted by Crippen LogP contribution is 2.40. The molecule has 3 heteroatoms. The molecule has 0 bridgehead atoms. The Morgan fingerprint density at radius 3 is 2.20 bits per heavy atom. The van der Waals surface area contributed by atoms with Crippen molar-refractivity contribution in [2.75, 3.05) is 20.8 Å². The normalized spacial score (nSPS) is 15.9. The summed E-state index contributed by atoms with van der Waals surface area (Å²) in [6, 6.07) is 7.22. The molecule has 3 nitrogen and oxygen atoms in total. The fraction of sp³-hybridized carbons (Fsp3) is 0.455. The monoisotopic (exact) mass is 347 g/mol. The summed E-state index contributed by atoms with van der Waals surface area (Å²) in [5.41, 5.74) is 7.30. The van der Waals surface area contributed by atoms with Crippen LogP contribution in [0.4, 0.5) is 0 Å². The number of rotatable bonds is 1. The molecule has 0 saturated heterocycles. The van der Waals surface area contributed by atoms with Crippen LogP contribution in [0.15, 0.2) is 49.1 Å². The first kappa shape index (κ1) is 25.6. The van der Waals surface area contributed by atoms with Crippen molar-refractivity contribution in [3.8, 4) is 0 Å². The van der Waals surface area contributed by atoms with Crippen molar-refractivity contribution in [3.63, 3.8) is 0 Å². The summed E-state index contributed by atoms with van der Waals surface area (Å²) in [6.07, 6.45) is 6.02. The second-order valence-corrected chi connectivity index (χ2v) is 5.10. The molecular weight excluding hydrogens is 310 g/mol. The SMILES string of the molecule is C=CC.C=CC1=C(C)c2cccc3c2C(C1)NCC3.CC.CO.CO.